The maximum atomic E-state index is 11.4. The maximum Gasteiger partial charge on any atom is 0.405 e. The van der Waals surface area contributed by atoms with Gasteiger partial charge < -0.3 is 19.9 Å². The third-order valence-electron chi connectivity index (χ3n) is 6.00. The molecule has 0 radical (unpaired) electrons. The van der Waals surface area contributed by atoms with Gasteiger partial charge >= 0.3 is 6.09 Å². The van der Waals surface area contributed by atoms with E-state index in [1.54, 1.807) is 14.2 Å². The van der Waals surface area contributed by atoms with Gasteiger partial charge in [-0.05, 0) is 47.4 Å². The van der Waals surface area contributed by atoms with Gasteiger partial charge in [-0.15, -0.1) is 0 Å². The van der Waals surface area contributed by atoms with Crippen LogP contribution in [0.3, 0.4) is 0 Å². The molecule has 0 aromatic heterocycles. The van der Waals surface area contributed by atoms with E-state index >= 15 is 0 Å². The Morgan fingerprint density at radius 3 is 2.52 bits per heavy atom. The molecule has 0 aliphatic heterocycles. The molecule has 1 aliphatic rings. The van der Waals surface area contributed by atoms with Crippen LogP contribution in [0, 0.1) is 5.41 Å². The first-order valence-corrected chi connectivity index (χ1v) is 9.33. The van der Waals surface area contributed by atoms with Gasteiger partial charge in [0.25, 0.3) is 0 Å². The molecule has 2 aromatic rings. The van der Waals surface area contributed by atoms with Crippen molar-refractivity contribution in [3.8, 4) is 22.6 Å². The number of ether oxygens (including phenoxy) is 2. The first-order chi connectivity index (χ1) is 13.0. The van der Waals surface area contributed by atoms with E-state index in [-0.39, 0.29) is 11.5 Å². The Kier molecular flexibility index (Phi) is 5.31. The fourth-order valence-electron chi connectivity index (χ4n) is 4.40. The number of nitrogens with one attached hydrogen (secondary N) is 1. The van der Waals surface area contributed by atoms with Crippen LogP contribution in [-0.2, 0) is 6.42 Å². The Balaban J connectivity index is 2.09. The fourth-order valence-corrected chi connectivity index (χ4v) is 4.40. The second-order valence-corrected chi connectivity index (χ2v) is 7.08. The second kappa shape index (κ2) is 7.51. The Labute approximate surface area is 160 Å². The Bertz CT molecular complexity index is 842. The quantitative estimate of drug-likeness (QED) is 0.748. The van der Waals surface area contributed by atoms with E-state index in [1.165, 1.54) is 5.56 Å². The van der Waals surface area contributed by atoms with Crippen LogP contribution in [0.15, 0.2) is 36.4 Å². The highest BCUT2D eigenvalue weighted by molar-refractivity contribution is 5.75. The molecule has 1 aliphatic carbocycles. The summed E-state index contributed by atoms with van der Waals surface area (Å²) in [7, 11) is 3.27. The standard InChI is InChI=1S/C22H27NO4/c1-5-22(6-2)13-15-12-14(10-11-17(15)20(22)23-21(24)25)16-8-7-9-18(26-3)19(16)27-4/h7-12,20,23H,5-6,13H2,1-4H3,(H,24,25). The number of hydrogen-bond acceptors (Lipinski definition) is 3. The summed E-state index contributed by atoms with van der Waals surface area (Å²) in [5.74, 6) is 1.40. The van der Waals surface area contributed by atoms with Gasteiger partial charge in [-0.2, -0.15) is 0 Å². The van der Waals surface area contributed by atoms with Crippen molar-refractivity contribution in [3.63, 3.8) is 0 Å². The van der Waals surface area contributed by atoms with E-state index in [4.69, 9.17) is 9.47 Å². The number of carbonyl (C=O) groups is 1. The third kappa shape index (κ3) is 3.22. The summed E-state index contributed by atoms with van der Waals surface area (Å²) < 4.78 is 11.0. The molecule has 5 heteroatoms. The van der Waals surface area contributed by atoms with Crippen molar-refractivity contribution in [2.75, 3.05) is 14.2 Å². The van der Waals surface area contributed by atoms with Crippen LogP contribution >= 0.6 is 0 Å². The molecule has 1 amide bonds. The largest absolute Gasteiger partial charge is 0.493 e. The first-order valence-electron chi connectivity index (χ1n) is 9.33. The molecular weight excluding hydrogens is 342 g/mol. The topological polar surface area (TPSA) is 67.8 Å². The minimum Gasteiger partial charge on any atom is -0.493 e. The van der Waals surface area contributed by atoms with Crippen molar-refractivity contribution in [1.82, 2.24) is 5.32 Å². The molecule has 0 heterocycles. The lowest BCUT2D eigenvalue weighted by Gasteiger charge is -2.33. The molecule has 5 nitrogen and oxygen atoms in total. The lowest BCUT2D eigenvalue weighted by molar-refractivity contribution is 0.157. The summed E-state index contributed by atoms with van der Waals surface area (Å²) in [5.41, 5.74) is 4.19. The van der Waals surface area contributed by atoms with Crippen LogP contribution in [0.5, 0.6) is 11.5 Å². The number of rotatable bonds is 6. The molecule has 0 fully saturated rings. The summed E-state index contributed by atoms with van der Waals surface area (Å²) >= 11 is 0. The summed E-state index contributed by atoms with van der Waals surface area (Å²) in [4.78, 5) is 11.4. The number of benzene rings is 2. The van der Waals surface area contributed by atoms with Crippen molar-refractivity contribution in [1.29, 1.82) is 0 Å². The van der Waals surface area contributed by atoms with Crippen molar-refractivity contribution in [2.45, 2.75) is 39.2 Å². The van der Waals surface area contributed by atoms with Crippen LogP contribution in [0.4, 0.5) is 4.79 Å². The lowest BCUT2D eigenvalue weighted by atomic mass is 9.76. The fraction of sp³-hybridized carbons (Fsp3) is 0.409. The molecule has 3 rings (SSSR count). The van der Waals surface area contributed by atoms with Gasteiger partial charge in [0.2, 0.25) is 0 Å². The van der Waals surface area contributed by atoms with Crippen molar-refractivity contribution in [3.05, 3.63) is 47.5 Å². The highest BCUT2D eigenvalue weighted by atomic mass is 16.5. The molecule has 27 heavy (non-hydrogen) atoms. The van der Waals surface area contributed by atoms with Gasteiger partial charge in [-0.1, -0.05) is 44.2 Å². The summed E-state index contributed by atoms with van der Waals surface area (Å²) in [6, 6.07) is 11.9. The van der Waals surface area contributed by atoms with Gasteiger partial charge in [0, 0.05) is 5.56 Å². The zero-order valence-electron chi connectivity index (χ0n) is 16.3. The van der Waals surface area contributed by atoms with Gasteiger partial charge in [0.05, 0.1) is 20.3 Å². The number of amides is 1. The van der Waals surface area contributed by atoms with E-state index in [9.17, 15) is 9.90 Å². The SMILES string of the molecule is CCC1(CC)Cc2cc(-c3cccc(OC)c3OC)ccc2C1NC(=O)O. The third-order valence-corrected chi connectivity index (χ3v) is 6.00. The molecule has 0 bridgehead atoms. The molecular formula is C22H27NO4. The molecule has 2 aromatic carbocycles. The second-order valence-electron chi connectivity index (χ2n) is 7.08. The number of para-hydroxylation sites is 1. The van der Waals surface area contributed by atoms with E-state index in [0.29, 0.717) is 11.5 Å². The lowest BCUT2D eigenvalue weighted by Crippen LogP contribution is -2.37. The summed E-state index contributed by atoms with van der Waals surface area (Å²) in [6.07, 6.45) is 1.72. The molecule has 2 N–H and O–H groups in total. The Hall–Kier alpha value is -2.69. The zero-order valence-corrected chi connectivity index (χ0v) is 16.3. The highest BCUT2D eigenvalue weighted by Gasteiger charge is 2.44. The molecule has 0 saturated heterocycles. The van der Waals surface area contributed by atoms with E-state index < -0.39 is 6.09 Å². The number of carboxylic acid groups (broad SMARTS) is 1. The van der Waals surface area contributed by atoms with Gasteiger partial charge in [-0.3, -0.25) is 0 Å². The number of fused-ring (bicyclic) bond motifs is 1. The molecule has 1 unspecified atom stereocenters. The molecule has 1 atom stereocenters. The van der Waals surface area contributed by atoms with Crippen LogP contribution in [-0.4, -0.2) is 25.4 Å². The van der Waals surface area contributed by atoms with Gasteiger partial charge in [-0.25, -0.2) is 4.79 Å². The predicted molar refractivity (Wildman–Crippen MR) is 106 cm³/mol. The van der Waals surface area contributed by atoms with Crippen molar-refractivity contribution < 1.29 is 19.4 Å². The van der Waals surface area contributed by atoms with Gasteiger partial charge in [0.1, 0.15) is 0 Å². The highest BCUT2D eigenvalue weighted by Crippen LogP contribution is 2.51. The molecule has 0 spiro atoms. The van der Waals surface area contributed by atoms with Crippen LogP contribution in [0.1, 0.15) is 43.9 Å². The Morgan fingerprint density at radius 2 is 1.93 bits per heavy atom. The maximum absolute atomic E-state index is 11.4. The van der Waals surface area contributed by atoms with E-state index in [0.717, 1.165) is 36.0 Å². The normalized spacial score (nSPS) is 17.3. The Morgan fingerprint density at radius 1 is 1.19 bits per heavy atom. The molecule has 0 saturated carbocycles. The average Bonchev–Trinajstić information content (AvgIpc) is 2.99. The minimum absolute atomic E-state index is 0.0855. The summed E-state index contributed by atoms with van der Waals surface area (Å²) in [5, 5.41) is 12.1. The van der Waals surface area contributed by atoms with Crippen molar-refractivity contribution in [2.24, 2.45) is 5.41 Å². The van der Waals surface area contributed by atoms with Crippen LogP contribution in [0.25, 0.3) is 11.1 Å². The number of hydrogen-bond donors (Lipinski definition) is 2. The molecule has 144 valence electrons. The summed E-state index contributed by atoms with van der Waals surface area (Å²) in [6.45, 7) is 4.27. The van der Waals surface area contributed by atoms with Crippen LogP contribution < -0.4 is 14.8 Å². The minimum atomic E-state index is -0.974. The predicted octanol–water partition coefficient (Wildman–Crippen LogP) is 5.04. The number of methoxy groups -OCH3 is 2. The van der Waals surface area contributed by atoms with Crippen LogP contribution in [0.2, 0.25) is 0 Å². The average molecular weight is 369 g/mol. The zero-order chi connectivity index (χ0) is 19.6. The van der Waals surface area contributed by atoms with E-state index in [2.05, 4.69) is 31.3 Å². The van der Waals surface area contributed by atoms with Gasteiger partial charge in [0.15, 0.2) is 11.5 Å². The van der Waals surface area contributed by atoms with E-state index in [1.807, 2.05) is 24.3 Å². The smallest absolute Gasteiger partial charge is 0.405 e. The monoisotopic (exact) mass is 369 g/mol. The first kappa shape index (κ1) is 19.1. The van der Waals surface area contributed by atoms with Crippen molar-refractivity contribution >= 4 is 6.09 Å².